The van der Waals surface area contributed by atoms with Gasteiger partial charge in [0.05, 0.1) is 34.8 Å². The molecule has 0 aliphatic rings. The van der Waals surface area contributed by atoms with Crippen LogP contribution < -0.4 is 0 Å². The van der Waals surface area contributed by atoms with Crippen molar-refractivity contribution in [3.05, 3.63) is 66.6 Å². The highest BCUT2D eigenvalue weighted by Crippen LogP contribution is 2.31. The maximum atomic E-state index is 13.4. The Hall–Kier alpha value is -4.40. The zero-order valence-electron chi connectivity index (χ0n) is 17.3. The molecule has 0 saturated carbocycles. The van der Waals surface area contributed by atoms with Gasteiger partial charge in [0.25, 0.3) is 0 Å². The summed E-state index contributed by atoms with van der Waals surface area (Å²) in [5.74, 6) is 1.22. The van der Waals surface area contributed by atoms with Gasteiger partial charge in [0, 0.05) is 24.2 Å². The van der Waals surface area contributed by atoms with Crippen molar-refractivity contribution in [2.45, 2.75) is 6.92 Å². The van der Waals surface area contributed by atoms with Crippen LogP contribution in [0, 0.1) is 12.7 Å². The van der Waals surface area contributed by atoms with E-state index in [1.165, 1.54) is 12.1 Å². The fourth-order valence-corrected chi connectivity index (χ4v) is 3.87. The Kier molecular flexibility index (Phi) is 3.91. The average Bonchev–Trinajstić information content (AvgIpc) is 3.50. The predicted octanol–water partition coefficient (Wildman–Crippen LogP) is 4.41. The second-order valence-corrected chi connectivity index (χ2v) is 7.59. The summed E-state index contributed by atoms with van der Waals surface area (Å²) in [7, 11) is 1.96. The van der Waals surface area contributed by atoms with Crippen LogP contribution in [0.2, 0.25) is 0 Å². The highest BCUT2D eigenvalue weighted by Gasteiger charge is 2.17. The number of hydrogen-bond donors (Lipinski definition) is 2. The SMILES string of the molecule is Cc1ncc(-c2cc3c(-c4nc5nccc(-c6ccc(F)cc6)c5[nH]4)n[nH]c3cn2)n1C. The van der Waals surface area contributed by atoms with Crippen molar-refractivity contribution in [1.29, 1.82) is 0 Å². The predicted molar refractivity (Wildman–Crippen MR) is 119 cm³/mol. The number of imidazole rings is 2. The second kappa shape index (κ2) is 6.81. The zero-order valence-corrected chi connectivity index (χ0v) is 17.3. The number of nitrogens with one attached hydrogen (secondary N) is 2. The summed E-state index contributed by atoms with van der Waals surface area (Å²) in [6, 6.07) is 10.2. The van der Waals surface area contributed by atoms with E-state index < -0.39 is 0 Å². The van der Waals surface area contributed by atoms with E-state index in [1.54, 1.807) is 24.5 Å². The van der Waals surface area contributed by atoms with Crippen LogP contribution in [0.15, 0.2) is 55.0 Å². The molecule has 0 unspecified atom stereocenters. The summed E-state index contributed by atoms with van der Waals surface area (Å²) in [6.07, 6.45) is 5.26. The standard InChI is InChI=1S/C23H17FN8/c1-12-26-11-19(32(12)2)17-9-16-18(10-27-17)30-31-21(16)23-28-20-15(7-8-25-22(20)29-23)13-3-5-14(24)6-4-13/h3-11H,1-2H3,(H,30,31)(H,25,28,29). The Morgan fingerprint density at radius 1 is 1.00 bits per heavy atom. The number of pyridine rings is 2. The zero-order chi connectivity index (χ0) is 21.8. The Bertz CT molecular complexity index is 1610. The van der Waals surface area contributed by atoms with Crippen LogP contribution in [0.3, 0.4) is 0 Å². The number of nitrogens with zero attached hydrogens (tertiary/aromatic N) is 6. The van der Waals surface area contributed by atoms with E-state index in [-0.39, 0.29) is 5.82 Å². The van der Waals surface area contributed by atoms with Crippen molar-refractivity contribution < 1.29 is 4.39 Å². The lowest BCUT2D eigenvalue weighted by Crippen LogP contribution is -1.95. The van der Waals surface area contributed by atoms with Gasteiger partial charge in [-0.15, -0.1) is 0 Å². The molecule has 6 aromatic rings. The summed E-state index contributed by atoms with van der Waals surface area (Å²) in [5, 5.41) is 8.39. The van der Waals surface area contributed by atoms with Gasteiger partial charge in [0.1, 0.15) is 17.3 Å². The molecule has 156 valence electrons. The summed E-state index contributed by atoms with van der Waals surface area (Å²) in [5.41, 5.74) is 6.28. The lowest BCUT2D eigenvalue weighted by molar-refractivity contribution is 0.628. The van der Waals surface area contributed by atoms with Crippen molar-refractivity contribution in [2.75, 3.05) is 0 Å². The molecule has 0 fully saturated rings. The Labute approximate surface area is 181 Å². The van der Waals surface area contributed by atoms with E-state index in [0.717, 1.165) is 44.8 Å². The summed E-state index contributed by atoms with van der Waals surface area (Å²) in [6.45, 7) is 1.95. The summed E-state index contributed by atoms with van der Waals surface area (Å²) < 4.78 is 15.4. The second-order valence-electron chi connectivity index (χ2n) is 7.59. The van der Waals surface area contributed by atoms with E-state index in [1.807, 2.05) is 36.9 Å². The number of benzene rings is 1. The van der Waals surface area contributed by atoms with Gasteiger partial charge in [0.2, 0.25) is 0 Å². The number of halogens is 1. The van der Waals surface area contributed by atoms with E-state index in [9.17, 15) is 4.39 Å². The minimum atomic E-state index is -0.277. The van der Waals surface area contributed by atoms with Gasteiger partial charge in [-0.3, -0.25) is 10.1 Å². The van der Waals surface area contributed by atoms with Gasteiger partial charge >= 0.3 is 0 Å². The lowest BCUT2D eigenvalue weighted by atomic mass is 10.1. The van der Waals surface area contributed by atoms with Gasteiger partial charge in [-0.2, -0.15) is 5.10 Å². The summed E-state index contributed by atoms with van der Waals surface area (Å²) in [4.78, 5) is 21.3. The molecule has 2 N–H and O–H groups in total. The van der Waals surface area contributed by atoms with Gasteiger partial charge in [0.15, 0.2) is 11.5 Å². The van der Waals surface area contributed by atoms with Gasteiger partial charge < -0.3 is 9.55 Å². The van der Waals surface area contributed by atoms with Gasteiger partial charge in [-0.05, 0) is 36.8 Å². The number of hydrogen-bond acceptors (Lipinski definition) is 5. The maximum Gasteiger partial charge on any atom is 0.178 e. The topological polar surface area (TPSA) is 101 Å². The first-order chi connectivity index (χ1) is 15.6. The van der Waals surface area contributed by atoms with Crippen LogP contribution in [0.4, 0.5) is 4.39 Å². The van der Waals surface area contributed by atoms with Crippen molar-refractivity contribution in [2.24, 2.45) is 7.05 Å². The number of fused-ring (bicyclic) bond motifs is 2. The third-order valence-electron chi connectivity index (χ3n) is 5.70. The van der Waals surface area contributed by atoms with Crippen LogP contribution >= 0.6 is 0 Å². The molecule has 1 aromatic carbocycles. The van der Waals surface area contributed by atoms with Crippen LogP contribution in [-0.4, -0.2) is 39.7 Å². The molecular weight excluding hydrogens is 407 g/mol. The molecule has 0 amide bonds. The number of aryl methyl sites for hydroxylation is 1. The number of rotatable bonds is 3. The van der Waals surface area contributed by atoms with Gasteiger partial charge in [-0.25, -0.2) is 19.3 Å². The first kappa shape index (κ1) is 18.4. The third kappa shape index (κ3) is 2.78. The van der Waals surface area contributed by atoms with Gasteiger partial charge in [-0.1, -0.05) is 12.1 Å². The average molecular weight is 424 g/mol. The molecule has 5 heterocycles. The van der Waals surface area contributed by atoms with Crippen molar-refractivity contribution in [1.82, 2.24) is 39.7 Å². The third-order valence-corrected chi connectivity index (χ3v) is 5.70. The van der Waals surface area contributed by atoms with E-state index >= 15 is 0 Å². The van der Waals surface area contributed by atoms with Crippen molar-refractivity contribution >= 4 is 22.1 Å². The molecule has 5 aromatic heterocycles. The molecule has 32 heavy (non-hydrogen) atoms. The van der Waals surface area contributed by atoms with Crippen LogP contribution in [0.1, 0.15) is 5.82 Å². The van der Waals surface area contributed by atoms with Crippen LogP contribution in [-0.2, 0) is 7.05 Å². The smallest absolute Gasteiger partial charge is 0.178 e. The highest BCUT2D eigenvalue weighted by molar-refractivity contribution is 5.96. The van der Waals surface area contributed by atoms with E-state index in [4.69, 9.17) is 0 Å². The quantitative estimate of drug-likeness (QED) is 0.438. The maximum absolute atomic E-state index is 13.4. The molecule has 0 aliphatic heterocycles. The number of aromatic nitrogens is 8. The monoisotopic (exact) mass is 424 g/mol. The Morgan fingerprint density at radius 3 is 2.62 bits per heavy atom. The minimum Gasteiger partial charge on any atom is -0.335 e. The first-order valence-corrected chi connectivity index (χ1v) is 10.0. The van der Waals surface area contributed by atoms with Crippen molar-refractivity contribution in [3.63, 3.8) is 0 Å². The molecule has 0 radical (unpaired) electrons. The minimum absolute atomic E-state index is 0.277. The molecule has 8 nitrogen and oxygen atoms in total. The number of aromatic amines is 2. The molecule has 0 atom stereocenters. The fourth-order valence-electron chi connectivity index (χ4n) is 3.87. The lowest BCUT2D eigenvalue weighted by Gasteiger charge is -2.03. The van der Waals surface area contributed by atoms with Crippen molar-refractivity contribution in [3.8, 4) is 34.0 Å². The molecule has 9 heteroatoms. The highest BCUT2D eigenvalue weighted by atomic mass is 19.1. The Balaban J connectivity index is 1.51. The van der Waals surface area contributed by atoms with E-state index in [0.29, 0.717) is 17.2 Å². The number of H-pyrrole nitrogens is 2. The normalized spacial score (nSPS) is 11.6. The fraction of sp³-hybridized carbons (Fsp3) is 0.0870. The van der Waals surface area contributed by atoms with Crippen LogP contribution in [0.5, 0.6) is 0 Å². The molecular formula is C23H17FN8. The Morgan fingerprint density at radius 2 is 1.84 bits per heavy atom. The molecule has 6 rings (SSSR count). The van der Waals surface area contributed by atoms with Crippen LogP contribution in [0.25, 0.3) is 56.1 Å². The molecule has 0 saturated heterocycles. The molecule has 0 aliphatic carbocycles. The van der Waals surface area contributed by atoms with E-state index in [2.05, 4.69) is 35.1 Å². The summed E-state index contributed by atoms with van der Waals surface area (Å²) >= 11 is 0. The molecule has 0 bridgehead atoms. The largest absolute Gasteiger partial charge is 0.335 e. The first-order valence-electron chi connectivity index (χ1n) is 10.0. The molecule has 0 spiro atoms.